The molecule has 0 aliphatic carbocycles. The third kappa shape index (κ3) is 5.56. The Kier molecular flexibility index (Phi) is 7.20. The van der Waals surface area contributed by atoms with Crippen LogP contribution in [0, 0.1) is 11.8 Å². The molecule has 2 heterocycles. The first-order valence-electron chi connectivity index (χ1n) is 9.65. The molecular weight excluding hydrogens is 330 g/mol. The number of rotatable bonds is 7. The Morgan fingerprint density at radius 2 is 1.88 bits per heavy atom. The number of piperidine rings is 1. The van der Waals surface area contributed by atoms with Gasteiger partial charge in [0.2, 0.25) is 11.8 Å². The molecule has 0 saturated carbocycles. The van der Waals surface area contributed by atoms with Crippen LogP contribution < -0.4 is 11.1 Å². The first-order valence-corrected chi connectivity index (χ1v) is 9.65. The molecule has 1 saturated heterocycles. The number of nitrogens with zero attached hydrogens (tertiary/aromatic N) is 3. The van der Waals surface area contributed by atoms with Crippen molar-refractivity contribution in [2.45, 2.75) is 65.5 Å². The minimum absolute atomic E-state index is 0.00835. The summed E-state index contributed by atoms with van der Waals surface area (Å²) in [5.74, 6) is 1.51. The van der Waals surface area contributed by atoms with Crippen molar-refractivity contribution in [3.05, 3.63) is 12.3 Å². The number of nitrogens with one attached hydrogen (secondary N) is 1. The zero-order valence-corrected chi connectivity index (χ0v) is 16.4. The van der Waals surface area contributed by atoms with Crippen LogP contribution in [-0.2, 0) is 9.59 Å². The van der Waals surface area contributed by atoms with Crippen LogP contribution in [0.3, 0.4) is 0 Å². The Morgan fingerprint density at radius 1 is 1.23 bits per heavy atom. The van der Waals surface area contributed by atoms with E-state index in [1.54, 1.807) is 6.20 Å². The Hall–Kier alpha value is -1.89. The van der Waals surface area contributed by atoms with E-state index in [1.807, 2.05) is 29.5 Å². The standard InChI is InChI=1S/C19H33N5O2/c1-13(2)11-16(20)19(26)23-9-6-15(7-10-23)24-17(5-8-21-24)22-18(25)12-14(3)4/h5,8,13-16H,6-7,9-12,20H2,1-4H3,(H,22,25)/t16-/m1/s1. The molecule has 26 heavy (non-hydrogen) atoms. The Morgan fingerprint density at radius 3 is 2.46 bits per heavy atom. The summed E-state index contributed by atoms with van der Waals surface area (Å²) in [5, 5.41) is 7.34. The number of hydrogen-bond acceptors (Lipinski definition) is 4. The molecule has 0 bridgehead atoms. The number of carbonyl (C=O) groups is 2. The normalized spacial score (nSPS) is 17.0. The van der Waals surface area contributed by atoms with Gasteiger partial charge < -0.3 is 16.0 Å². The van der Waals surface area contributed by atoms with E-state index in [0.29, 0.717) is 37.8 Å². The molecule has 7 heteroatoms. The number of nitrogens with two attached hydrogens (primary N) is 1. The van der Waals surface area contributed by atoms with Gasteiger partial charge in [0, 0.05) is 25.6 Å². The van der Waals surface area contributed by atoms with Gasteiger partial charge in [0.25, 0.3) is 0 Å². The molecule has 0 spiro atoms. The molecule has 146 valence electrons. The lowest BCUT2D eigenvalue weighted by Gasteiger charge is -2.34. The molecule has 1 aromatic heterocycles. The lowest BCUT2D eigenvalue weighted by atomic mass is 10.0. The molecule has 2 amide bonds. The molecule has 1 fully saturated rings. The van der Waals surface area contributed by atoms with E-state index in [4.69, 9.17) is 5.73 Å². The molecule has 1 aromatic rings. The lowest BCUT2D eigenvalue weighted by molar-refractivity contribution is -0.134. The molecule has 0 radical (unpaired) electrons. The molecule has 1 aliphatic heterocycles. The van der Waals surface area contributed by atoms with E-state index < -0.39 is 6.04 Å². The smallest absolute Gasteiger partial charge is 0.239 e. The highest BCUT2D eigenvalue weighted by molar-refractivity contribution is 5.89. The van der Waals surface area contributed by atoms with Gasteiger partial charge in [0.15, 0.2) is 0 Å². The summed E-state index contributed by atoms with van der Waals surface area (Å²) >= 11 is 0. The van der Waals surface area contributed by atoms with Crippen LogP contribution in [0.4, 0.5) is 5.82 Å². The molecule has 0 aromatic carbocycles. The molecule has 1 atom stereocenters. The van der Waals surface area contributed by atoms with Crippen LogP contribution in [0.1, 0.15) is 59.4 Å². The second-order valence-corrected chi connectivity index (χ2v) is 8.10. The third-order valence-corrected chi connectivity index (χ3v) is 4.70. The summed E-state index contributed by atoms with van der Waals surface area (Å²) < 4.78 is 1.88. The fourth-order valence-electron chi connectivity index (χ4n) is 3.44. The maximum Gasteiger partial charge on any atom is 0.239 e. The van der Waals surface area contributed by atoms with Gasteiger partial charge in [-0.2, -0.15) is 5.10 Å². The van der Waals surface area contributed by atoms with Crippen molar-refractivity contribution in [2.75, 3.05) is 18.4 Å². The monoisotopic (exact) mass is 363 g/mol. The van der Waals surface area contributed by atoms with Crippen molar-refractivity contribution in [2.24, 2.45) is 17.6 Å². The fraction of sp³-hybridized carbons (Fsp3) is 0.737. The maximum atomic E-state index is 12.5. The minimum Gasteiger partial charge on any atom is -0.341 e. The largest absolute Gasteiger partial charge is 0.341 e. The summed E-state index contributed by atoms with van der Waals surface area (Å²) in [4.78, 5) is 26.4. The van der Waals surface area contributed by atoms with Crippen molar-refractivity contribution >= 4 is 17.6 Å². The first kappa shape index (κ1) is 20.4. The minimum atomic E-state index is -0.415. The van der Waals surface area contributed by atoms with E-state index in [1.165, 1.54) is 0 Å². The SMILES string of the molecule is CC(C)CC(=O)Nc1ccnn1C1CCN(C(=O)[C@H](N)CC(C)C)CC1. The quantitative estimate of drug-likeness (QED) is 0.778. The Labute approximate surface area is 156 Å². The topological polar surface area (TPSA) is 93.2 Å². The summed E-state index contributed by atoms with van der Waals surface area (Å²) in [6.45, 7) is 9.54. The predicted octanol–water partition coefficient (Wildman–Crippen LogP) is 2.40. The maximum absolute atomic E-state index is 12.5. The van der Waals surface area contributed by atoms with Crippen LogP contribution in [0.2, 0.25) is 0 Å². The van der Waals surface area contributed by atoms with Crippen LogP contribution in [0.25, 0.3) is 0 Å². The van der Waals surface area contributed by atoms with Crippen molar-refractivity contribution in [3.8, 4) is 0 Å². The van der Waals surface area contributed by atoms with E-state index in [9.17, 15) is 9.59 Å². The molecule has 2 rings (SSSR count). The Bertz CT molecular complexity index is 603. The van der Waals surface area contributed by atoms with Gasteiger partial charge >= 0.3 is 0 Å². The zero-order chi connectivity index (χ0) is 19.3. The van der Waals surface area contributed by atoms with Gasteiger partial charge in [0.05, 0.1) is 18.3 Å². The predicted molar refractivity (Wildman–Crippen MR) is 103 cm³/mol. The molecule has 0 unspecified atom stereocenters. The summed E-state index contributed by atoms with van der Waals surface area (Å²) in [7, 11) is 0. The average molecular weight is 364 g/mol. The number of anilines is 1. The van der Waals surface area contributed by atoms with E-state index >= 15 is 0 Å². The first-order chi connectivity index (χ1) is 12.3. The van der Waals surface area contributed by atoms with Gasteiger partial charge in [-0.1, -0.05) is 27.7 Å². The van der Waals surface area contributed by atoms with Crippen LogP contribution in [0.5, 0.6) is 0 Å². The lowest BCUT2D eigenvalue weighted by Crippen LogP contribution is -2.47. The summed E-state index contributed by atoms with van der Waals surface area (Å²) in [5.41, 5.74) is 6.04. The highest BCUT2D eigenvalue weighted by Gasteiger charge is 2.28. The van der Waals surface area contributed by atoms with Crippen LogP contribution in [0.15, 0.2) is 12.3 Å². The number of likely N-dealkylation sites (tertiary alicyclic amines) is 1. The third-order valence-electron chi connectivity index (χ3n) is 4.70. The number of carbonyl (C=O) groups excluding carboxylic acids is 2. The van der Waals surface area contributed by atoms with E-state index in [0.717, 1.165) is 18.7 Å². The van der Waals surface area contributed by atoms with Gasteiger partial charge in [-0.25, -0.2) is 4.68 Å². The summed E-state index contributed by atoms with van der Waals surface area (Å²) in [6.07, 6.45) is 4.54. The van der Waals surface area contributed by atoms with E-state index in [2.05, 4.69) is 24.3 Å². The molecule has 1 aliphatic rings. The number of amides is 2. The second kappa shape index (κ2) is 9.16. The zero-order valence-electron chi connectivity index (χ0n) is 16.4. The highest BCUT2D eigenvalue weighted by Crippen LogP contribution is 2.26. The van der Waals surface area contributed by atoms with Gasteiger partial charge in [-0.3, -0.25) is 9.59 Å². The highest BCUT2D eigenvalue weighted by atomic mass is 16.2. The van der Waals surface area contributed by atoms with Crippen molar-refractivity contribution in [1.29, 1.82) is 0 Å². The number of aromatic nitrogens is 2. The fourth-order valence-corrected chi connectivity index (χ4v) is 3.44. The van der Waals surface area contributed by atoms with Gasteiger partial charge in [-0.15, -0.1) is 0 Å². The van der Waals surface area contributed by atoms with Gasteiger partial charge in [-0.05, 0) is 31.1 Å². The van der Waals surface area contributed by atoms with Crippen LogP contribution in [-0.4, -0.2) is 45.6 Å². The van der Waals surface area contributed by atoms with Crippen molar-refractivity contribution < 1.29 is 9.59 Å². The van der Waals surface area contributed by atoms with Gasteiger partial charge in [0.1, 0.15) is 5.82 Å². The van der Waals surface area contributed by atoms with E-state index in [-0.39, 0.29) is 17.9 Å². The molecular formula is C19H33N5O2. The summed E-state index contributed by atoms with van der Waals surface area (Å²) in [6, 6.07) is 1.60. The van der Waals surface area contributed by atoms with Crippen LogP contribution >= 0.6 is 0 Å². The van der Waals surface area contributed by atoms with Crippen molar-refractivity contribution in [3.63, 3.8) is 0 Å². The average Bonchev–Trinajstić information content (AvgIpc) is 3.00. The number of hydrogen-bond donors (Lipinski definition) is 2. The Balaban J connectivity index is 1.91. The molecule has 3 N–H and O–H groups in total. The molecule has 7 nitrogen and oxygen atoms in total. The van der Waals surface area contributed by atoms with Crippen molar-refractivity contribution in [1.82, 2.24) is 14.7 Å². The second-order valence-electron chi connectivity index (χ2n) is 8.10.